The normalized spacial score (nSPS) is 42.8. The van der Waals surface area contributed by atoms with Gasteiger partial charge in [0.2, 0.25) is 0 Å². The van der Waals surface area contributed by atoms with E-state index in [-0.39, 0.29) is 23.0 Å². The minimum absolute atomic E-state index is 0.0519. The fraction of sp³-hybridized carbons (Fsp3) is 0.720. The fourth-order valence-electron chi connectivity index (χ4n) is 6.95. The topological polar surface area (TPSA) is 77.8 Å². The Hall–Kier alpha value is -1.23. The summed E-state index contributed by atoms with van der Waals surface area (Å²) in [6.07, 6.45) is 12.6. The van der Waals surface area contributed by atoms with Crippen LogP contribution >= 0.6 is 0 Å². The number of hydrogen-bond donors (Lipinski definition) is 3. The summed E-state index contributed by atoms with van der Waals surface area (Å²) in [6, 6.07) is 0. The summed E-state index contributed by atoms with van der Waals surface area (Å²) in [7, 11) is 0. The molecule has 2 bridgehead atoms. The van der Waals surface area contributed by atoms with Gasteiger partial charge in [-0.1, -0.05) is 36.3 Å². The fourth-order valence-corrected chi connectivity index (χ4v) is 6.95. The lowest BCUT2D eigenvalue weighted by atomic mass is 9.57. The monoisotopic (exact) mass is 400 g/mol. The van der Waals surface area contributed by atoms with E-state index in [2.05, 4.69) is 13.0 Å². The molecule has 0 aliphatic heterocycles. The van der Waals surface area contributed by atoms with E-state index in [9.17, 15) is 20.1 Å². The lowest BCUT2D eigenvalue weighted by Gasteiger charge is -2.49. The SMILES string of the molecule is CC(O)/C=C/[C@](C)(O)[C@H]1CC[C@H]2C3=CC(=O)[C@H]4CC(=CC[C@H](O)C4)[C@H]3CC[C@@]21C. The molecular weight excluding hydrogens is 364 g/mol. The summed E-state index contributed by atoms with van der Waals surface area (Å²) >= 11 is 0. The summed E-state index contributed by atoms with van der Waals surface area (Å²) in [6.45, 7) is 5.86. The molecule has 0 saturated heterocycles. The van der Waals surface area contributed by atoms with Crippen LogP contribution in [0.4, 0.5) is 0 Å². The number of aliphatic hydroxyl groups is 3. The second kappa shape index (κ2) is 7.47. The third-order valence-corrected chi connectivity index (χ3v) is 8.38. The molecule has 0 heterocycles. The number of hydrogen-bond acceptors (Lipinski definition) is 4. The van der Waals surface area contributed by atoms with Crippen LogP contribution in [-0.4, -0.2) is 38.9 Å². The Morgan fingerprint density at radius 3 is 2.79 bits per heavy atom. The molecule has 0 aromatic carbocycles. The van der Waals surface area contributed by atoms with Crippen molar-refractivity contribution in [3.8, 4) is 0 Å². The van der Waals surface area contributed by atoms with Crippen molar-refractivity contribution in [3.05, 3.63) is 35.5 Å². The highest BCUT2D eigenvalue weighted by molar-refractivity contribution is 5.93. The first kappa shape index (κ1) is 21.0. The van der Waals surface area contributed by atoms with Crippen LogP contribution in [0.25, 0.3) is 0 Å². The zero-order valence-electron chi connectivity index (χ0n) is 18.0. The molecule has 2 fully saturated rings. The smallest absolute Gasteiger partial charge is 0.159 e. The van der Waals surface area contributed by atoms with E-state index in [1.54, 1.807) is 19.1 Å². The number of carbonyl (C=O) groups excluding carboxylic acids is 1. The van der Waals surface area contributed by atoms with Gasteiger partial charge in [0.15, 0.2) is 5.78 Å². The van der Waals surface area contributed by atoms with E-state index in [0.717, 1.165) is 32.1 Å². The molecule has 0 radical (unpaired) electrons. The van der Waals surface area contributed by atoms with Crippen molar-refractivity contribution in [2.45, 2.75) is 83.5 Å². The Balaban J connectivity index is 1.67. The maximum atomic E-state index is 13.0. The quantitative estimate of drug-likeness (QED) is 0.631. The van der Waals surface area contributed by atoms with Crippen LogP contribution in [0.1, 0.15) is 65.7 Å². The van der Waals surface area contributed by atoms with Gasteiger partial charge in [-0.2, -0.15) is 0 Å². The molecule has 4 aliphatic carbocycles. The van der Waals surface area contributed by atoms with E-state index in [0.29, 0.717) is 24.7 Å². The molecular formula is C25H36O4. The third kappa shape index (κ3) is 3.68. The summed E-state index contributed by atoms with van der Waals surface area (Å²) in [5.74, 6) is 0.838. The van der Waals surface area contributed by atoms with Crippen LogP contribution in [0.5, 0.6) is 0 Å². The van der Waals surface area contributed by atoms with Crippen LogP contribution in [0.2, 0.25) is 0 Å². The van der Waals surface area contributed by atoms with Gasteiger partial charge in [-0.25, -0.2) is 0 Å². The number of carbonyl (C=O) groups is 1. The molecule has 1 unspecified atom stereocenters. The van der Waals surface area contributed by atoms with Crippen molar-refractivity contribution in [1.29, 1.82) is 0 Å². The number of fused-ring (bicyclic) bond motifs is 6. The standard InChI is InChI=1S/C25H36O4/c1-15(26)8-11-25(3,29)23-7-6-21-20-14-22(28)17-12-16(4-5-18(27)13-17)19(20)9-10-24(21,23)2/h4,8,11,14-15,17-19,21,23,26-27,29H,5-7,9-10,12-13H2,1-3H3/b11-8+/t15?,17-,18-,19+,21-,23-,24-,25-/m0/s1. The van der Waals surface area contributed by atoms with Gasteiger partial charge in [0, 0.05) is 11.8 Å². The Morgan fingerprint density at radius 1 is 1.31 bits per heavy atom. The highest BCUT2D eigenvalue weighted by atomic mass is 16.3. The minimum atomic E-state index is -0.973. The lowest BCUT2D eigenvalue weighted by Crippen LogP contribution is -2.45. The molecule has 29 heavy (non-hydrogen) atoms. The summed E-state index contributed by atoms with van der Waals surface area (Å²) in [5, 5.41) is 31.1. The third-order valence-electron chi connectivity index (χ3n) is 8.38. The zero-order chi connectivity index (χ0) is 21.0. The van der Waals surface area contributed by atoms with Crippen LogP contribution in [-0.2, 0) is 4.79 Å². The van der Waals surface area contributed by atoms with Gasteiger partial charge in [0.25, 0.3) is 0 Å². The molecule has 0 aromatic rings. The van der Waals surface area contributed by atoms with E-state index >= 15 is 0 Å². The maximum Gasteiger partial charge on any atom is 0.159 e. The first-order valence-electron chi connectivity index (χ1n) is 11.3. The predicted molar refractivity (Wildman–Crippen MR) is 113 cm³/mol. The highest BCUT2D eigenvalue weighted by Crippen LogP contribution is 2.63. The van der Waals surface area contributed by atoms with Gasteiger partial charge in [-0.05, 0) is 82.1 Å². The molecule has 4 aliphatic rings. The summed E-state index contributed by atoms with van der Waals surface area (Å²) < 4.78 is 0. The number of ketones is 1. The number of rotatable bonds is 3. The van der Waals surface area contributed by atoms with Gasteiger partial charge in [-0.3, -0.25) is 4.79 Å². The minimum Gasteiger partial charge on any atom is -0.393 e. The van der Waals surface area contributed by atoms with Crippen molar-refractivity contribution in [2.75, 3.05) is 0 Å². The van der Waals surface area contributed by atoms with Crippen molar-refractivity contribution in [1.82, 2.24) is 0 Å². The zero-order valence-corrected chi connectivity index (χ0v) is 18.0. The van der Waals surface area contributed by atoms with Crippen molar-refractivity contribution >= 4 is 5.78 Å². The van der Waals surface area contributed by atoms with Crippen molar-refractivity contribution in [2.24, 2.45) is 29.1 Å². The molecule has 4 rings (SSSR count). The molecule has 0 spiro atoms. The lowest BCUT2D eigenvalue weighted by molar-refractivity contribution is -0.119. The second-order valence-corrected chi connectivity index (χ2v) is 10.5. The van der Waals surface area contributed by atoms with Gasteiger partial charge in [-0.15, -0.1) is 0 Å². The van der Waals surface area contributed by atoms with Crippen molar-refractivity contribution in [3.63, 3.8) is 0 Å². The molecule has 160 valence electrons. The van der Waals surface area contributed by atoms with Crippen LogP contribution < -0.4 is 0 Å². The van der Waals surface area contributed by atoms with E-state index in [1.165, 1.54) is 11.1 Å². The van der Waals surface area contributed by atoms with Gasteiger partial charge in [0.05, 0.1) is 17.8 Å². The average Bonchev–Trinajstić information content (AvgIpc) is 2.81. The second-order valence-electron chi connectivity index (χ2n) is 10.5. The van der Waals surface area contributed by atoms with Crippen LogP contribution in [0.3, 0.4) is 0 Å². The first-order valence-corrected chi connectivity index (χ1v) is 11.3. The van der Waals surface area contributed by atoms with Gasteiger partial charge < -0.3 is 15.3 Å². The van der Waals surface area contributed by atoms with Gasteiger partial charge >= 0.3 is 0 Å². The molecule has 3 N–H and O–H groups in total. The van der Waals surface area contributed by atoms with Gasteiger partial charge in [0.1, 0.15) is 0 Å². The largest absolute Gasteiger partial charge is 0.393 e. The van der Waals surface area contributed by atoms with Crippen molar-refractivity contribution < 1.29 is 20.1 Å². The Bertz CT molecular complexity index is 759. The molecule has 0 aromatic heterocycles. The molecule has 4 heteroatoms. The van der Waals surface area contributed by atoms with Crippen LogP contribution in [0.15, 0.2) is 35.5 Å². The summed E-state index contributed by atoms with van der Waals surface area (Å²) in [4.78, 5) is 13.0. The van der Waals surface area contributed by atoms with Crippen LogP contribution in [0, 0.1) is 29.1 Å². The van der Waals surface area contributed by atoms with E-state index in [1.807, 2.05) is 13.0 Å². The molecule has 8 atom stereocenters. The summed E-state index contributed by atoms with van der Waals surface area (Å²) in [5.41, 5.74) is 1.62. The molecule has 0 amide bonds. The highest BCUT2D eigenvalue weighted by Gasteiger charge is 2.57. The average molecular weight is 401 g/mol. The Labute approximate surface area is 174 Å². The van der Waals surface area contributed by atoms with E-state index in [4.69, 9.17) is 0 Å². The number of aliphatic hydroxyl groups excluding tert-OH is 2. The number of allylic oxidation sites excluding steroid dienone is 3. The maximum absolute atomic E-state index is 13.0. The Kier molecular flexibility index (Phi) is 5.42. The Morgan fingerprint density at radius 2 is 2.07 bits per heavy atom. The molecule has 2 saturated carbocycles. The van der Waals surface area contributed by atoms with E-state index < -0.39 is 17.8 Å². The first-order chi connectivity index (χ1) is 13.6. The molecule has 4 nitrogen and oxygen atoms in total. The predicted octanol–water partition coefficient (Wildman–Crippen LogP) is 3.71.